The van der Waals surface area contributed by atoms with E-state index in [1.807, 2.05) is 25.1 Å². The predicted molar refractivity (Wildman–Crippen MR) is 85.1 cm³/mol. The third kappa shape index (κ3) is 4.30. The summed E-state index contributed by atoms with van der Waals surface area (Å²) in [7, 11) is 0. The van der Waals surface area contributed by atoms with Gasteiger partial charge in [-0.3, -0.25) is 4.79 Å². The number of hydrogen-bond donors (Lipinski definition) is 2. The fourth-order valence-corrected chi connectivity index (χ4v) is 2.75. The zero-order valence-electron chi connectivity index (χ0n) is 11.9. The van der Waals surface area contributed by atoms with E-state index in [4.69, 9.17) is 0 Å². The number of nitrogens with one attached hydrogen (secondary N) is 2. The SMILES string of the molecule is Cc1c(Br)cccc1C(=O)NCCCN1CCNCC1. The Morgan fingerprint density at radius 2 is 2.15 bits per heavy atom. The molecule has 0 aromatic heterocycles. The van der Waals surface area contributed by atoms with Gasteiger partial charge in [-0.05, 0) is 37.6 Å². The summed E-state index contributed by atoms with van der Waals surface area (Å²) < 4.78 is 0.978. The monoisotopic (exact) mass is 339 g/mol. The van der Waals surface area contributed by atoms with Crippen LogP contribution >= 0.6 is 15.9 Å². The van der Waals surface area contributed by atoms with Gasteiger partial charge in [0.05, 0.1) is 0 Å². The second kappa shape index (κ2) is 7.76. The minimum Gasteiger partial charge on any atom is -0.352 e. The lowest BCUT2D eigenvalue weighted by atomic mass is 10.1. The van der Waals surface area contributed by atoms with Crippen LogP contribution in [0.5, 0.6) is 0 Å². The van der Waals surface area contributed by atoms with E-state index in [0.717, 1.165) is 61.3 Å². The number of rotatable bonds is 5. The van der Waals surface area contributed by atoms with Crippen molar-refractivity contribution in [3.8, 4) is 0 Å². The van der Waals surface area contributed by atoms with Gasteiger partial charge in [0.15, 0.2) is 0 Å². The Kier molecular flexibility index (Phi) is 6.01. The van der Waals surface area contributed by atoms with Crippen LogP contribution < -0.4 is 10.6 Å². The Labute approximate surface area is 129 Å². The van der Waals surface area contributed by atoms with E-state index in [9.17, 15) is 4.79 Å². The second-order valence-corrected chi connectivity index (χ2v) is 5.97. The molecule has 2 rings (SSSR count). The molecule has 0 aliphatic carbocycles. The number of hydrogen-bond acceptors (Lipinski definition) is 3. The Hall–Kier alpha value is -0.910. The molecule has 1 aliphatic heterocycles. The van der Waals surface area contributed by atoms with Crippen LogP contribution in [0.3, 0.4) is 0 Å². The summed E-state index contributed by atoms with van der Waals surface area (Å²) in [5.74, 6) is 0.0177. The molecule has 4 nitrogen and oxygen atoms in total. The quantitative estimate of drug-likeness (QED) is 0.804. The van der Waals surface area contributed by atoms with Crippen molar-refractivity contribution in [1.29, 1.82) is 0 Å². The molecule has 0 bridgehead atoms. The molecule has 2 N–H and O–H groups in total. The van der Waals surface area contributed by atoms with Crippen molar-refractivity contribution < 1.29 is 4.79 Å². The molecular formula is C15H22BrN3O. The lowest BCUT2D eigenvalue weighted by Gasteiger charge is -2.27. The standard InChI is InChI=1S/C15H22BrN3O/c1-12-13(4-2-5-14(12)16)15(20)18-6-3-9-19-10-7-17-8-11-19/h2,4-5,17H,3,6-11H2,1H3,(H,18,20). The van der Waals surface area contributed by atoms with Gasteiger partial charge in [0.1, 0.15) is 0 Å². The minimum atomic E-state index is 0.0177. The second-order valence-electron chi connectivity index (χ2n) is 5.11. The zero-order chi connectivity index (χ0) is 14.4. The van der Waals surface area contributed by atoms with E-state index in [-0.39, 0.29) is 5.91 Å². The lowest BCUT2D eigenvalue weighted by Crippen LogP contribution is -2.44. The third-order valence-corrected chi connectivity index (χ3v) is 4.52. The van der Waals surface area contributed by atoms with E-state index in [2.05, 4.69) is 31.5 Å². The molecular weight excluding hydrogens is 318 g/mol. The summed E-state index contributed by atoms with van der Waals surface area (Å²) in [6.07, 6.45) is 0.999. The van der Waals surface area contributed by atoms with Crippen LogP contribution in [0.4, 0.5) is 0 Å². The van der Waals surface area contributed by atoms with Gasteiger partial charge in [0, 0.05) is 42.8 Å². The summed E-state index contributed by atoms with van der Waals surface area (Å²) in [4.78, 5) is 14.6. The Morgan fingerprint density at radius 3 is 2.90 bits per heavy atom. The van der Waals surface area contributed by atoms with Crippen molar-refractivity contribution in [1.82, 2.24) is 15.5 Å². The molecule has 5 heteroatoms. The summed E-state index contributed by atoms with van der Waals surface area (Å²) in [6, 6.07) is 5.72. The summed E-state index contributed by atoms with van der Waals surface area (Å²) in [5.41, 5.74) is 1.74. The summed E-state index contributed by atoms with van der Waals surface area (Å²) in [6.45, 7) is 8.11. The molecule has 0 radical (unpaired) electrons. The van der Waals surface area contributed by atoms with Gasteiger partial charge in [-0.2, -0.15) is 0 Å². The molecule has 1 heterocycles. The minimum absolute atomic E-state index is 0.0177. The van der Waals surface area contributed by atoms with Gasteiger partial charge in [0.2, 0.25) is 0 Å². The van der Waals surface area contributed by atoms with Gasteiger partial charge in [-0.1, -0.05) is 22.0 Å². The van der Waals surface area contributed by atoms with Crippen molar-refractivity contribution in [3.05, 3.63) is 33.8 Å². The maximum atomic E-state index is 12.1. The highest BCUT2D eigenvalue weighted by molar-refractivity contribution is 9.10. The topological polar surface area (TPSA) is 44.4 Å². The van der Waals surface area contributed by atoms with Gasteiger partial charge in [-0.25, -0.2) is 0 Å². The smallest absolute Gasteiger partial charge is 0.251 e. The maximum Gasteiger partial charge on any atom is 0.251 e. The highest BCUT2D eigenvalue weighted by Crippen LogP contribution is 2.19. The van der Waals surface area contributed by atoms with Crippen LogP contribution in [0.2, 0.25) is 0 Å². The fraction of sp³-hybridized carbons (Fsp3) is 0.533. The fourth-order valence-electron chi connectivity index (χ4n) is 2.39. The van der Waals surface area contributed by atoms with Gasteiger partial charge in [-0.15, -0.1) is 0 Å². The van der Waals surface area contributed by atoms with E-state index < -0.39 is 0 Å². The van der Waals surface area contributed by atoms with Crippen molar-refractivity contribution in [2.45, 2.75) is 13.3 Å². The summed E-state index contributed by atoms with van der Waals surface area (Å²) in [5, 5.41) is 6.35. The van der Waals surface area contributed by atoms with Crippen LogP contribution in [0, 0.1) is 6.92 Å². The van der Waals surface area contributed by atoms with E-state index in [1.165, 1.54) is 0 Å². The number of halogens is 1. The normalized spacial score (nSPS) is 16.1. The Balaban J connectivity index is 1.73. The first-order valence-electron chi connectivity index (χ1n) is 7.15. The van der Waals surface area contributed by atoms with Crippen LogP contribution in [0.1, 0.15) is 22.3 Å². The van der Waals surface area contributed by atoms with Crippen LogP contribution in [-0.4, -0.2) is 50.1 Å². The highest BCUT2D eigenvalue weighted by atomic mass is 79.9. The molecule has 1 fully saturated rings. The molecule has 0 spiro atoms. The average molecular weight is 340 g/mol. The number of piperazine rings is 1. The maximum absolute atomic E-state index is 12.1. The van der Waals surface area contributed by atoms with E-state index >= 15 is 0 Å². The average Bonchev–Trinajstić information content (AvgIpc) is 2.47. The molecule has 1 aromatic carbocycles. The van der Waals surface area contributed by atoms with Crippen molar-refractivity contribution in [2.24, 2.45) is 0 Å². The lowest BCUT2D eigenvalue weighted by molar-refractivity contribution is 0.0950. The molecule has 0 saturated carbocycles. The van der Waals surface area contributed by atoms with Crippen molar-refractivity contribution >= 4 is 21.8 Å². The molecule has 1 aliphatic rings. The largest absolute Gasteiger partial charge is 0.352 e. The predicted octanol–water partition coefficient (Wildman–Crippen LogP) is 1.78. The first-order chi connectivity index (χ1) is 9.68. The first kappa shape index (κ1) is 15.5. The number of nitrogens with zero attached hydrogens (tertiary/aromatic N) is 1. The van der Waals surface area contributed by atoms with Crippen LogP contribution in [0.25, 0.3) is 0 Å². The third-order valence-electron chi connectivity index (χ3n) is 3.66. The number of carbonyl (C=O) groups is 1. The van der Waals surface area contributed by atoms with E-state index in [0.29, 0.717) is 0 Å². The summed E-state index contributed by atoms with van der Waals surface area (Å²) >= 11 is 3.46. The zero-order valence-corrected chi connectivity index (χ0v) is 13.5. The number of amides is 1. The van der Waals surface area contributed by atoms with Gasteiger partial charge < -0.3 is 15.5 Å². The Morgan fingerprint density at radius 1 is 1.40 bits per heavy atom. The molecule has 1 amide bonds. The van der Waals surface area contributed by atoms with Crippen molar-refractivity contribution in [3.63, 3.8) is 0 Å². The molecule has 110 valence electrons. The Bertz CT molecular complexity index is 458. The number of carbonyl (C=O) groups excluding carboxylic acids is 1. The van der Waals surface area contributed by atoms with Crippen LogP contribution in [0.15, 0.2) is 22.7 Å². The van der Waals surface area contributed by atoms with Gasteiger partial charge in [0.25, 0.3) is 5.91 Å². The van der Waals surface area contributed by atoms with Gasteiger partial charge >= 0.3 is 0 Å². The molecule has 1 aromatic rings. The molecule has 0 unspecified atom stereocenters. The van der Waals surface area contributed by atoms with Crippen molar-refractivity contribution in [2.75, 3.05) is 39.3 Å². The highest BCUT2D eigenvalue weighted by Gasteiger charge is 2.11. The number of benzene rings is 1. The van der Waals surface area contributed by atoms with E-state index in [1.54, 1.807) is 0 Å². The molecule has 20 heavy (non-hydrogen) atoms. The first-order valence-corrected chi connectivity index (χ1v) is 7.94. The molecule has 0 atom stereocenters. The molecule has 1 saturated heterocycles. The van der Waals surface area contributed by atoms with Crippen LogP contribution in [-0.2, 0) is 0 Å².